The van der Waals surface area contributed by atoms with Crippen LogP contribution in [0.2, 0.25) is 0 Å². The molecule has 1 fully saturated rings. The molecule has 0 spiro atoms. The summed E-state index contributed by atoms with van der Waals surface area (Å²) < 4.78 is 0. The average molecular weight is 289 g/mol. The average Bonchev–Trinajstić information content (AvgIpc) is 2.68. The molecule has 0 aromatic heterocycles. The van der Waals surface area contributed by atoms with Crippen LogP contribution in [-0.4, -0.2) is 54.5 Å². The zero-order valence-electron chi connectivity index (χ0n) is 13.2. The summed E-state index contributed by atoms with van der Waals surface area (Å²) >= 11 is 0. The van der Waals surface area contributed by atoms with Crippen LogP contribution in [-0.2, 0) is 11.2 Å². The van der Waals surface area contributed by atoms with Crippen molar-refractivity contribution >= 4 is 5.91 Å². The fourth-order valence-electron chi connectivity index (χ4n) is 3.05. The van der Waals surface area contributed by atoms with Gasteiger partial charge in [-0.2, -0.15) is 0 Å². The molecule has 4 heteroatoms. The molecule has 1 aromatic rings. The summed E-state index contributed by atoms with van der Waals surface area (Å²) in [4.78, 5) is 17.0. The molecule has 1 heterocycles. The van der Waals surface area contributed by atoms with Crippen molar-refractivity contribution in [3.8, 4) is 0 Å². The molecule has 2 atom stereocenters. The Labute approximate surface area is 127 Å². The second-order valence-electron chi connectivity index (χ2n) is 6.01. The van der Waals surface area contributed by atoms with Crippen molar-refractivity contribution in [3.63, 3.8) is 0 Å². The lowest BCUT2D eigenvalue weighted by molar-refractivity contribution is -0.134. The van der Waals surface area contributed by atoms with Crippen molar-refractivity contribution in [3.05, 3.63) is 35.9 Å². The highest BCUT2D eigenvalue weighted by atomic mass is 16.2. The fraction of sp³-hybridized carbons (Fsp3) is 0.588. The number of likely N-dealkylation sites (N-methyl/N-ethyl adjacent to an activating group) is 1. The van der Waals surface area contributed by atoms with Crippen LogP contribution < -0.4 is 5.73 Å². The maximum absolute atomic E-state index is 12.7. The second-order valence-corrected chi connectivity index (χ2v) is 6.01. The second kappa shape index (κ2) is 7.57. The quantitative estimate of drug-likeness (QED) is 0.914. The van der Waals surface area contributed by atoms with Gasteiger partial charge in [0, 0.05) is 19.1 Å². The molecule has 21 heavy (non-hydrogen) atoms. The lowest BCUT2D eigenvalue weighted by atomic mass is 10.0. The third kappa shape index (κ3) is 4.29. The van der Waals surface area contributed by atoms with Crippen LogP contribution in [0.5, 0.6) is 0 Å². The van der Waals surface area contributed by atoms with Gasteiger partial charge in [0.1, 0.15) is 0 Å². The van der Waals surface area contributed by atoms with Gasteiger partial charge < -0.3 is 15.5 Å². The normalized spacial score (nSPS) is 21.9. The minimum atomic E-state index is -0.440. The van der Waals surface area contributed by atoms with Gasteiger partial charge >= 0.3 is 0 Å². The lowest BCUT2D eigenvalue weighted by Crippen LogP contribution is -2.51. The molecule has 4 nitrogen and oxygen atoms in total. The number of amides is 1. The summed E-state index contributed by atoms with van der Waals surface area (Å²) in [7, 11) is 2.13. The molecular formula is C17H27N3O. The van der Waals surface area contributed by atoms with E-state index in [1.807, 2.05) is 35.2 Å². The van der Waals surface area contributed by atoms with Gasteiger partial charge in [0.25, 0.3) is 0 Å². The maximum atomic E-state index is 12.7. The van der Waals surface area contributed by atoms with Gasteiger partial charge in [-0.1, -0.05) is 37.3 Å². The van der Waals surface area contributed by atoms with E-state index in [0.29, 0.717) is 6.42 Å². The van der Waals surface area contributed by atoms with Crippen molar-refractivity contribution in [1.82, 2.24) is 9.80 Å². The van der Waals surface area contributed by atoms with Gasteiger partial charge in [-0.15, -0.1) is 0 Å². The summed E-state index contributed by atoms with van der Waals surface area (Å²) in [6.07, 6.45) is 2.62. The minimum absolute atomic E-state index is 0.0982. The van der Waals surface area contributed by atoms with Crippen molar-refractivity contribution in [2.75, 3.05) is 26.7 Å². The molecule has 1 unspecified atom stereocenters. The van der Waals surface area contributed by atoms with E-state index < -0.39 is 6.04 Å². The third-order valence-electron chi connectivity index (χ3n) is 4.27. The summed E-state index contributed by atoms with van der Waals surface area (Å²) in [6.45, 7) is 4.96. The Bertz CT molecular complexity index is 449. The molecule has 0 saturated carbocycles. The number of rotatable bonds is 4. The van der Waals surface area contributed by atoms with Crippen LogP contribution in [0.15, 0.2) is 30.3 Å². The summed E-state index contributed by atoms with van der Waals surface area (Å²) in [5.74, 6) is 0.0982. The highest BCUT2D eigenvalue weighted by molar-refractivity contribution is 5.82. The summed E-state index contributed by atoms with van der Waals surface area (Å²) in [6, 6.07) is 9.86. The Balaban J connectivity index is 2.02. The predicted molar refractivity (Wildman–Crippen MR) is 86.0 cm³/mol. The van der Waals surface area contributed by atoms with Crippen LogP contribution in [0.3, 0.4) is 0 Å². The van der Waals surface area contributed by atoms with Crippen LogP contribution >= 0.6 is 0 Å². The Morgan fingerprint density at radius 3 is 2.71 bits per heavy atom. The summed E-state index contributed by atoms with van der Waals surface area (Å²) in [5, 5.41) is 0. The Hall–Kier alpha value is -1.39. The summed E-state index contributed by atoms with van der Waals surface area (Å²) in [5.41, 5.74) is 7.30. The zero-order chi connectivity index (χ0) is 15.2. The van der Waals surface area contributed by atoms with E-state index in [0.717, 1.165) is 38.0 Å². The molecule has 0 aliphatic carbocycles. The van der Waals surface area contributed by atoms with Crippen molar-refractivity contribution < 1.29 is 4.79 Å². The van der Waals surface area contributed by atoms with Crippen LogP contribution in [0.1, 0.15) is 25.3 Å². The first-order valence-corrected chi connectivity index (χ1v) is 7.90. The molecule has 116 valence electrons. The van der Waals surface area contributed by atoms with E-state index in [4.69, 9.17) is 5.73 Å². The number of nitrogens with zero attached hydrogens (tertiary/aromatic N) is 2. The van der Waals surface area contributed by atoms with E-state index >= 15 is 0 Å². The van der Waals surface area contributed by atoms with Crippen molar-refractivity contribution in [2.24, 2.45) is 5.73 Å². The molecule has 1 aliphatic heterocycles. The van der Waals surface area contributed by atoms with Gasteiger partial charge in [-0.05, 0) is 38.4 Å². The highest BCUT2D eigenvalue weighted by Crippen LogP contribution is 2.14. The largest absolute Gasteiger partial charge is 0.337 e. The van der Waals surface area contributed by atoms with Crippen molar-refractivity contribution in [2.45, 2.75) is 38.3 Å². The van der Waals surface area contributed by atoms with E-state index in [9.17, 15) is 4.79 Å². The van der Waals surface area contributed by atoms with E-state index in [1.165, 1.54) is 0 Å². The lowest BCUT2D eigenvalue weighted by Gasteiger charge is -2.32. The number of nitrogens with two attached hydrogens (primary N) is 1. The predicted octanol–water partition coefficient (Wildman–Crippen LogP) is 1.50. The molecular weight excluding hydrogens is 262 g/mol. The topological polar surface area (TPSA) is 49.6 Å². The number of hydrogen-bond donors (Lipinski definition) is 1. The fourth-order valence-corrected chi connectivity index (χ4v) is 3.05. The van der Waals surface area contributed by atoms with Gasteiger partial charge in [0.2, 0.25) is 5.91 Å². The first kappa shape index (κ1) is 16.0. The van der Waals surface area contributed by atoms with Crippen LogP contribution in [0.4, 0.5) is 0 Å². The SMILES string of the molecule is CCC1CN(C)CCCN1C(=O)[C@H](N)Cc1ccccc1. The van der Waals surface area contributed by atoms with Gasteiger partial charge in [-0.25, -0.2) is 0 Å². The number of carbonyl (C=O) groups excluding carboxylic acids is 1. The number of hydrogen-bond acceptors (Lipinski definition) is 3. The highest BCUT2D eigenvalue weighted by Gasteiger charge is 2.29. The monoisotopic (exact) mass is 289 g/mol. The molecule has 1 aliphatic rings. The Morgan fingerprint density at radius 1 is 1.33 bits per heavy atom. The molecule has 2 N–H and O–H groups in total. The van der Waals surface area contributed by atoms with Crippen LogP contribution in [0, 0.1) is 0 Å². The van der Waals surface area contributed by atoms with Crippen molar-refractivity contribution in [1.29, 1.82) is 0 Å². The Kier molecular flexibility index (Phi) is 5.76. The molecule has 0 bridgehead atoms. The molecule has 1 amide bonds. The van der Waals surface area contributed by atoms with E-state index in [1.54, 1.807) is 0 Å². The van der Waals surface area contributed by atoms with Gasteiger partial charge in [-0.3, -0.25) is 4.79 Å². The number of carbonyl (C=O) groups is 1. The Morgan fingerprint density at radius 2 is 2.05 bits per heavy atom. The standard InChI is InChI=1S/C17H27N3O/c1-3-15-13-19(2)10-7-11-20(15)17(21)16(18)12-14-8-5-4-6-9-14/h4-6,8-9,15-16H,3,7,10-13,18H2,1-2H3/t15?,16-/m1/s1. The third-order valence-corrected chi connectivity index (χ3v) is 4.27. The van der Waals surface area contributed by atoms with Gasteiger partial charge in [0.05, 0.1) is 6.04 Å². The first-order chi connectivity index (χ1) is 10.1. The first-order valence-electron chi connectivity index (χ1n) is 7.90. The maximum Gasteiger partial charge on any atom is 0.240 e. The smallest absolute Gasteiger partial charge is 0.240 e. The van der Waals surface area contributed by atoms with Gasteiger partial charge in [0.15, 0.2) is 0 Å². The zero-order valence-corrected chi connectivity index (χ0v) is 13.2. The molecule has 1 saturated heterocycles. The number of benzene rings is 1. The van der Waals surface area contributed by atoms with E-state index in [-0.39, 0.29) is 11.9 Å². The van der Waals surface area contributed by atoms with Crippen LogP contribution in [0.25, 0.3) is 0 Å². The molecule has 1 aromatic carbocycles. The molecule has 2 rings (SSSR count). The minimum Gasteiger partial charge on any atom is -0.337 e. The molecule has 0 radical (unpaired) electrons. The van der Waals surface area contributed by atoms with E-state index in [2.05, 4.69) is 18.9 Å².